The van der Waals surface area contributed by atoms with E-state index in [9.17, 15) is 18.0 Å². The van der Waals surface area contributed by atoms with E-state index in [1.807, 2.05) is 4.90 Å². The zero-order valence-electron chi connectivity index (χ0n) is 17.2. The summed E-state index contributed by atoms with van der Waals surface area (Å²) in [4.78, 5) is 16.6. The number of ether oxygens (including phenoxy) is 1. The molecule has 2 aromatic rings. The fourth-order valence-electron chi connectivity index (χ4n) is 4.33. The molecule has 2 aliphatic rings. The Morgan fingerprint density at radius 2 is 1.84 bits per heavy atom. The van der Waals surface area contributed by atoms with E-state index in [0.29, 0.717) is 24.7 Å². The fourth-order valence-corrected chi connectivity index (χ4v) is 4.33. The Bertz CT molecular complexity index is 878. The summed E-state index contributed by atoms with van der Waals surface area (Å²) in [6, 6.07) is 6.02. The van der Waals surface area contributed by atoms with Crippen LogP contribution in [0.1, 0.15) is 41.7 Å². The molecule has 7 nitrogen and oxygen atoms in total. The van der Waals surface area contributed by atoms with Gasteiger partial charge in [0.25, 0.3) is 5.91 Å². The van der Waals surface area contributed by atoms with E-state index in [1.54, 1.807) is 23.0 Å². The molecule has 4 rings (SSSR count). The molecule has 0 bridgehead atoms. The molecule has 10 heteroatoms. The molecule has 1 aromatic heterocycles. The molecule has 31 heavy (non-hydrogen) atoms. The largest absolute Gasteiger partial charge is 0.573 e. The number of hydrogen-bond donors (Lipinski definition) is 0. The Morgan fingerprint density at radius 1 is 1.10 bits per heavy atom. The quantitative estimate of drug-likeness (QED) is 0.694. The second-order valence-electron chi connectivity index (χ2n) is 8.26. The first-order valence-corrected chi connectivity index (χ1v) is 10.6. The number of halogens is 3. The average molecular weight is 437 g/mol. The van der Waals surface area contributed by atoms with Gasteiger partial charge in [-0.3, -0.25) is 14.4 Å². The molecule has 1 aromatic carbocycles. The highest BCUT2D eigenvalue weighted by Gasteiger charge is 2.31. The summed E-state index contributed by atoms with van der Waals surface area (Å²) in [5.41, 5.74) is 1.34. The first kappa shape index (κ1) is 21.6. The van der Waals surface area contributed by atoms with Crippen LogP contribution in [0.3, 0.4) is 0 Å². The van der Waals surface area contributed by atoms with E-state index >= 15 is 0 Å². The molecule has 0 spiro atoms. The highest BCUT2D eigenvalue weighted by molar-refractivity contribution is 5.92. The molecule has 1 atom stereocenters. The van der Waals surface area contributed by atoms with Crippen molar-refractivity contribution in [2.45, 2.75) is 45.1 Å². The van der Waals surface area contributed by atoms with E-state index in [1.165, 1.54) is 12.1 Å². The van der Waals surface area contributed by atoms with Crippen molar-refractivity contribution in [1.82, 2.24) is 24.8 Å². The second kappa shape index (κ2) is 9.25. The number of carbonyl (C=O) groups excluding carboxylic acids is 1. The summed E-state index contributed by atoms with van der Waals surface area (Å²) in [7, 11) is 0. The Morgan fingerprint density at radius 3 is 2.55 bits per heavy atom. The summed E-state index contributed by atoms with van der Waals surface area (Å²) >= 11 is 0. The third kappa shape index (κ3) is 5.96. The molecule has 0 aliphatic carbocycles. The van der Waals surface area contributed by atoms with Gasteiger partial charge in [0.05, 0.1) is 6.20 Å². The monoisotopic (exact) mass is 437 g/mol. The summed E-state index contributed by atoms with van der Waals surface area (Å²) in [6.45, 7) is 4.72. The van der Waals surface area contributed by atoms with Crippen LogP contribution in [0.2, 0.25) is 0 Å². The minimum absolute atomic E-state index is 0.0491. The van der Waals surface area contributed by atoms with E-state index in [-0.39, 0.29) is 11.7 Å². The lowest BCUT2D eigenvalue weighted by Crippen LogP contribution is -2.36. The number of amides is 1. The minimum Gasteiger partial charge on any atom is -0.406 e. The summed E-state index contributed by atoms with van der Waals surface area (Å²) in [6.07, 6.45) is 1.23. The number of carbonyl (C=O) groups is 1. The van der Waals surface area contributed by atoms with Crippen LogP contribution in [0.15, 0.2) is 30.5 Å². The van der Waals surface area contributed by atoms with Gasteiger partial charge in [-0.05, 0) is 55.8 Å². The molecule has 3 heterocycles. The number of rotatable bonds is 6. The van der Waals surface area contributed by atoms with Crippen LogP contribution < -0.4 is 4.74 Å². The maximum absolute atomic E-state index is 12.4. The van der Waals surface area contributed by atoms with Gasteiger partial charge in [-0.1, -0.05) is 17.3 Å². The van der Waals surface area contributed by atoms with Gasteiger partial charge in [-0.2, -0.15) is 0 Å². The summed E-state index contributed by atoms with van der Waals surface area (Å²) in [5.74, 6) is 0.114. The molecular weight excluding hydrogens is 411 g/mol. The van der Waals surface area contributed by atoms with E-state index in [2.05, 4.69) is 19.9 Å². The lowest BCUT2D eigenvalue weighted by atomic mass is 9.97. The first-order valence-electron chi connectivity index (χ1n) is 10.6. The van der Waals surface area contributed by atoms with Crippen molar-refractivity contribution in [3.8, 4) is 5.75 Å². The van der Waals surface area contributed by atoms with Crippen molar-refractivity contribution in [2.24, 2.45) is 5.92 Å². The minimum atomic E-state index is -4.68. The summed E-state index contributed by atoms with van der Waals surface area (Å²) < 4.78 is 42.6. The SMILES string of the molecule is O=C(c1cn(CC2CCCN(Cc3ccc(OC(F)(F)F)cc3)C2)nn1)N1CCCC1. The third-order valence-corrected chi connectivity index (χ3v) is 5.76. The maximum atomic E-state index is 12.4. The lowest BCUT2D eigenvalue weighted by molar-refractivity contribution is -0.274. The highest BCUT2D eigenvalue weighted by Crippen LogP contribution is 2.24. The number of nitrogens with zero attached hydrogens (tertiary/aromatic N) is 5. The van der Waals surface area contributed by atoms with Crippen LogP contribution >= 0.6 is 0 Å². The number of hydrogen-bond acceptors (Lipinski definition) is 5. The zero-order valence-corrected chi connectivity index (χ0v) is 17.2. The number of aromatic nitrogens is 3. The van der Waals surface area contributed by atoms with E-state index < -0.39 is 6.36 Å². The smallest absolute Gasteiger partial charge is 0.406 e. The molecule has 2 saturated heterocycles. The van der Waals surface area contributed by atoms with Gasteiger partial charge < -0.3 is 9.64 Å². The van der Waals surface area contributed by atoms with E-state index in [0.717, 1.165) is 57.4 Å². The summed E-state index contributed by atoms with van der Waals surface area (Å²) in [5, 5.41) is 8.21. The normalized spacial score (nSPS) is 20.2. The number of likely N-dealkylation sites (tertiary alicyclic amines) is 2. The van der Waals surface area contributed by atoms with Gasteiger partial charge in [0.1, 0.15) is 5.75 Å². The van der Waals surface area contributed by atoms with Crippen LogP contribution in [0.5, 0.6) is 5.75 Å². The van der Waals surface area contributed by atoms with E-state index in [4.69, 9.17) is 0 Å². The highest BCUT2D eigenvalue weighted by atomic mass is 19.4. The lowest BCUT2D eigenvalue weighted by Gasteiger charge is -2.32. The van der Waals surface area contributed by atoms with Crippen LogP contribution in [0.4, 0.5) is 13.2 Å². The second-order valence-corrected chi connectivity index (χ2v) is 8.26. The molecular formula is C21H26F3N5O2. The van der Waals surface area contributed by atoms with Gasteiger partial charge in [-0.25, -0.2) is 0 Å². The predicted octanol–water partition coefficient (Wildman–Crippen LogP) is 3.32. The first-order chi connectivity index (χ1) is 14.9. The Labute approximate surface area is 178 Å². The zero-order chi connectivity index (χ0) is 21.8. The average Bonchev–Trinajstić information content (AvgIpc) is 3.41. The molecule has 1 unspecified atom stereocenters. The van der Waals surface area contributed by atoms with Crippen molar-refractivity contribution in [3.05, 3.63) is 41.7 Å². The van der Waals surface area contributed by atoms with Gasteiger partial charge in [0.15, 0.2) is 5.69 Å². The van der Waals surface area contributed by atoms with Crippen molar-refractivity contribution < 1.29 is 22.7 Å². The standard InChI is InChI=1S/C21H26F3N5O2/c22-21(23,24)31-18-7-5-16(6-8-18)12-27-9-3-4-17(13-27)14-29-15-19(25-26-29)20(30)28-10-1-2-11-28/h5-8,15,17H,1-4,9-14H2. The molecule has 0 radical (unpaired) electrons. The van der Waals surface area contributed by atoms with Crippen LogP contribution in [-0.4, -0.2) is 63.2 Å². The number of alkyl halides is 3. The van der Waals surface area contributed by atoms with Crippen molar-refractivity contribution in [3.63, 3.8) is 0 Å². The Hall–Kier alpha value is -2.62. The molecule has 0 saturated carbocycles. The van der Waals surface area contributed by atoms with Gasteiger partial charge in [0.2, 0.25) is 0 Å². The molecule has 168 valence electrons. The Balaban J connectivity index is 1.29. The molecule has 0 N–H and O–H groups in total. The van der Waals surface area contributed by atoms with Crippen LogP contribution in [0, 0.1) is 5.92 Å². The van der Waals surface area contributed by atoms with Crippen molar-refractivity contribution >= 4 is 5.91 Å². The third-order valence-electron chi connectivity index (χ3n) is 5.76. The van der Waals surface area contributed by atoms with Crippen LogP contribution in [0.25, 0.3) is 0 Å². The number of piperidine rings is 1. The topological polar surface area (TPSA) is 63.5 Å². The molecule has 2 fully saturated rings. The predicted molar refractivity (Wildman–Crippen MR) is 106 cm³/mol. The Kier molecular flexibility index (Phi) is 6.45. The van der Waals surface area contributed by atoms with Crippen molar-refractivity contribution in [2.75, 3.05) is 26.2 Å². The van der Waals surface area contributed by atoms with Gasteiger partial charge >= 0.3 is 6.36 Å². The fraction of sp³-hybridized carbons (Fsp3) is 0.571. The number of benzene rings is 1. The van der Waals surface area contributed by atoms with Gasteiger partial charge in [-0.15, -0.1) is 18.3 Å². The molecule has 1 amide bonds. The van der Waals surface area contributed by atoms with Crippen LogP contribution in [-0.2, 0) is 13.1 Å². The van der Waals surface area contributed by atoms with Crippen molar-refractivity contribution in [1.29, 1.82) is 0 Å². The van der Waals surface area contributed by atoms with Gasteiger partial charge in [0, 0.05) is 32.7 Å². The maximum Gasteiger partial charge on any atom is 0.573 e. The molecule has 2 aliphatic heterocycles.